The van der Waals surface area contributed by atoms with E-state index in [-0.39, 0.29) is 31.1 Å². The van der Waals surface area contributed by atoms with E-state index in [1.165, 1.54) is 5.56 Å². The minimum atomic E-state index is -0.798. The molecule has 3 aromatic carbocycles. The molecule has 0 bridgehead atoms. The molecule has 9 nitrogen and oxygen atoms in total. The molecule has 46 heavy (non-hydrogen) atoms. The van der Waals surface area contributed by atoms with Crippen LogP contribution in [0.5, 0.6) is 0 Å². The second-order valence-corrected chi connectivity index (χ2v) is 12.4. The Balaban J connectivity index is 1.16. The first-order valence-electron chi connectivity index (χ1n) is 16.5. The lowest BCUT2D eigenvalue weighted by molar-refractivity contribution is -0.253. The Labute approximate surface area is 272 Å². The number of amides is 1. The van der Waals surface area contributed by atoms with Gasteiger partial charge in [0.25, 0.3) is 0 Å². The molecule has 3 aromatic rings. The Hall–Kier alpha value is -3.60. The molecule has 0 aliphatic carbocycles. The Bertz CT molecular complexity index is 1360. The molecule has 0 aromatic heterocycles. The summed E-state index contributed by atoms with van der Waals surface area (Å²) in [5, 5.41) is 21.2. The van der Waals surface area contributed by atoms with E-state index >= 15 is 0 Å². The molecule has 0 radical (unpaired) electrons. The van der Waals surface area contributed by atoms with E-state index < -0.39 is 12.3 Å². The van der Waals surface area contributed by atoms with Gasteiger partial charge in [0.2, 0.25) is 5.91 Å². The highest BCUT2D eigenvalue weighted by molar-refractivity contribution is 5.75. The SMILES string of the molecule is O=C(O)CCCCCC(=O)NCc1ccc(C2OC(CN3CCN(Cc4ccccc4)CC3)CC(c3ccc(CO)cc3)O2)cc1. The van der Waals surface area contributed by atoms with E-state index in [0.29, 0.717) is 25.8 Å². The van der Waals surface area contributed by atoms with Crippen molar-refractivity contribution in [2.24, 2.45) is 0 Å². The number of hydrogen-bond donors (Lipinski definition) is 3. The van der Waals surface area contributed by atoms with Crippen LogP contribution in [-0.2, 0) is 38.8 Å². The first-order chi connectivity index (χ1) is 22.4. The number of carbonyl (C=O) groups is 2. The third-order valence-electron chi connectivity index (χ3n) is 8.83. The van der Waals surface area contributed by atoms with Gasteiger partial charge in [0.15, 0.2) is 6.29 Å². The number of ether oxygens (including phenoxy) is 2. The Morgan fingerprint density at radius 1 is 0.739 bits per heavy atom. The molecule has 2 fully saturated rings. The Kier molecular flexibility index (Phi) is 12.7. The number of aliphatic hydroxyl groups is 1. The van der Waals surface area contributed by atoms with Crippen LogP contribution in [0.3, 0.4) is 0 Å². The minimum Gasteiger partial charge on any atom is -0.481 e. The summed E-state index contributed by atoms with van der Waals surface area (Å²) in [5.74, 6) is -0.829. The van der Waals surface area contributed by atoms with Gasteiger partial charge in [-0.05, 0) is 35.1 Å². The lowest BCUT2D eigenvalue weighted by Crippen LogP contribution is -2.49. The summed E-state index contributed by atoms with van der Waals surface area (Å²) in [5.41, 5.74) is 5.21. The zero-order chi connectivity index (χ0) is 32.1. The summed E-state index contributed by atoms with van der Waals surface area (Å²) in [6.45, 7) is 6.30. The smallest absolute Gasteiger partial charge is 0.303 e. The maximum atomic E-state index is 12.3. The molecule has 2 aliphatic rings. The summed E-state index contributed by atoms with van der Waals surface area (Å²) in [4.78, 5) is 27.9. The predicted molar refractivity (Wildman–Crippen MR) is 176 cm³/mol. The first kappa shape index (κ1) is 33.8. The average Bonchev–Trinajstić information content (AvgIpc) is 3.08. The van der Waals surface area contributed by atoms with Crippen LogP contribution in [-0.4, -0.2) is 70.7 Å². The number of carbonyl (C=O) groups excluding carboxylic acids is 1. The quantitative estimate of drug-likeness (QED) is 0.197. The maximum Gasteiger partial charge on any atom is 0.303 e. The number of aliphatic hydroxyl groups excluding tert-OH is 1. The van der Waals surface area contributed by atoms with E-state index in [0.717, 1.165) is 74.4 Å². The van der Waals surface area contributed by atoms with Gasteiger partial charge >= 0.3 is 5.97 Å². The molecule has 0 saturated carbocycles. The maximum absolute atomic E-state index is 12.3. The van der Waals surface area contributed by atoms with Crippen LogP contribution in [0.1, 0.15) is 78.7 Å². The second kappa shape index (κ2) is 17.4. The van der Waals surface area contributed by atoms with Crippen LogP contribution < -0.4 is 5.32 Å². The van der Waals surface area contributed by atoms with Gasteiger partial charge in [0.05, 0.1) is 18.8 Å². The number of rotatable bonds is 15. The number of benzene rings is 3. The number of carboxylic acid groups (broad SMARTS) is 1. The van der Waals surface area contributed by atoms with Gasteiger partial charge in [0, 0.05) is 70.6 Å². The van der Waals surface area contributed by atoms with Gasteiger partial charge in [0.1, 0.15) is 0 Å². The fraction of sp³-hybridized carbons (Fsp3) is 0.459. The number of unbranched alkanes of at least 4 members (excludes halogenated alkanes) is 2. The Morgan fingerprint density at radius 3 is 2.09 bits per heavy atom. The van der Waals surface area contributed by atoms with Gasteiger partial charge in [-0.25, -0.2) is 0 Å². The van der Waals surface area contributed by atoms with Gasteiger partial charge in [-0.15, -0.1) is 0 Å². The lowest BCUT2D eigenvalue weighted by Gasteiger charge is -2.40. The highest BCUT2D eigenvalue weighted by atomic mass is 16.7. The van der Waals surface area contributed by atoms with Crippen molar-refractivity contribution >= 4 is 11.9 Å². The number of nitrogens with zero attached hydrogens (tertiary/aromatic N) is 2. The number of hydrogen-bond acceptors (Lipinski definition) is 7. The topological polar surface area (TPSA) is 112 Å². The zero-order valence-corrected chi connectivity index (χ0v) is 26.6. The van der Waals surface area contributed by atoms with E-state index in [2.05, 4.69) is 45.4 Å². The molecule has 1 amide bonds. The van der Waals surface area contributed by atoms with Crippen LogP contribution in [0.15, 0.2) is 78.9 Å². The number of carboxylic acids is 1. The van der Waals surface area contributed by atoms with Gasteiger partial charge in [-0.2, -0.15) is 0 Å². The van der Waals surface area contributed by atoms with Crippen molar-refractivity contribution in [1.29, 1.82) is 0 Å². The molecule has 2 saturated heterocycles. The van der Waals surface area contributed by atoms with Crippen molar-refractivity contribution < 1.29 is 29.3 Å². The highest BCUT2D eigenvalue weighted by Crippen LogP contribution is 2.38. The monoisotopic (exact) mass is 629 g/mol. The van der Waals surface area contributed by atoms with Crippen molar-refractivity contribution in [3.05, 3.63) is 107 Å². The van der Waals surface area contributed by atoms with E-state index in [1.807, 2.05) is 48.5 Å². The van der Waals surface area contributed by atoms with Crippen LogP contribution in [0.25, 0.3) is 0 Å². The third kappa shape index (κ3) is 10.5. The van der Waals surface area contributed by atoms with Crippen molar-refractivity contribution in [3.8, 4) is 0 Å². The van der Waals surface area contributed by atoms with Gasteiger partial charge < -0.3 is 25.0 Å². The molecule has 2 aliphatic heterocycles. The summed E-state index contributed by atoms with van der Waals surface area (Å²) in [7, 11) is 0. The van der Waals surface area contributed by atoms with Crippen molar-refractivity contribution in [2.45, 2.75) is 76.7 Å². The molecular formula is C37H47N3O6. The number of nitrogens with one attached hydrogen (secondary N) is 1. The van der Waals surface area contributed by atoms with E-state index in [4.69, 9.17) is 14.6 Å². The van der Waals surface area contributed by atoms with Gasteiger partial charge in [-0.1, -0.05) is 85.3 Å². The van der Waals surface area contributed by atoms with E-state index in [1.54, 1.807) is 0 Å². The summed E-state index contributed by atoms with van der Waals surface area (Å²) in [6, 6.07) is 26.6. The summed E-state index contributed by atoms with van der Waals surface area (Å²) in [6.07, 6.45) is 2.64. The first-order valence-corrected chi connectivity index (χ1v) is 16.5. The minimum absolute atomic E-state index is 0.00333. The molecule has 9 heteroatoms. The number of piperazine rings is 1. The fourth-order valence-corrected chi connectivity index (χ4v) is 6.11. The van der Waals surface area contributed by atoms with Crippen LogP contribution in [0, 0.1) is 0 Å². The van der Waals surface area contributed by atoms with Crippen LogP contribution in [0.2, 0.25) is 0 Å². The van der Waals surface area contributed by atoms with E-state index in [9.17, 15) is 14.7 Å². The zero-order valence-electron chi connectivity index (χ0n) is 26.6. The van der Waals surface area contributed by atoms with Crippen LogP contribution in [0.4, 0.5) is 0 Å². The summed E-state index contributed by atoms with van der Waals surface area (Å²) >= 11 is 0. The Morgan fingerprint density at radius 2 is 1.39 bits per heavy atom. The number of aliphatic carboxylic acids is 1. The molecule has 3 unspecified atom stereocenters. The molecule has 246 valence electrons. The van der Waals surface area contributed by atoms with Crippen molar-refractivity contribution in [3.63, 3.8) is 0 Å². The second-order valence-electron chi connectivity index (χ2n) is 12.4. The predicted octanol–water partition coefficient (Wildman–Crippen LogP) is 5.19. The van der Waals surface area contributed by atoms with Crippen molar-refractivity contribution in [2.75, 3.05) is 32.7 Å². The molecule has 5 rings (SSSR count). The molecule has 3 N–H and O–H groups in total. The largest absolute Gasteiger partial charge is 0.481 e. The summed E-state index contributed by atoms with van der Waals surface area (Å²) < 4.78 is 13.1. The fourth-order valence-electron chi connectivity index (χ4n) is 6.11. The molecule has 2 heterocycles. The molecule has 3 atom stereocenters. The van der Waals surface area contributed by atoms with Crippen molar-refractivity contribution in [1.82, 2.24) is 15.1 Å². The normalized spacial score (nSPS) is 20.8. The highest BCUT2D eigenvalue weighted by Gasteiger charge is 2.33. The van der Waals surface area contributed by atoms with Crippen LogP contribution >= 0.6 is 0 Å². The lowest BCUT2D eigenvalue weighted by atomic mass is 9.99. The average molecular weight is 630 g/mol. The van der Waals surface area contributed by atoms with Gasteiger partial charge in [-0.3, -0.25) is 19.4 Å². The standard InChI is InChI=1S/C37H47N3O6/c41-27-30-13-15-31(16-14-30)34-23-33(26-40-21-19-39(20-22-40)25-29-7-3-1-4-8-29)45-37(46-34)32-17-11-28(12-18-32)24-38-35(42)9-5-2-6-10-36(43)44/h1,3-4,7-8,11-18,33-34,37,41H,2,5-6,9-10,19-27H2,(H,38,42)(H,43,44). The molecular weight excluding hydrogens is 582 g/mol. The molecule has 0 spiro atoms. The third-order valence-corrected chi connectivity index (χ3v) is 8.83.